The first-order chi connectivity index (χ1) is 9.89. The molecule has 8 heteroatoms. The zero-order valence-corrected chi connectivity index (χ0v) is 11.4. The number of anilines is 1. The second kappa shape index (κ2) is 4.18. The van der Waals surface area contributed by atoms with Gasteiger partial charge in [-0.05, 0) is 6.07 Å². The molecule has 2 aliphatic rings. The average molecular weight is 292 g/mol. The van der Waals surface area contributed by atoms with Gasteiger partial charge in [0, 0.05) is 19.9 Å². The van der Waals surface area contributed by atoms with Gasteiger partial charge in [0.05, 0.1) is 23.8 Å². The summed E-state index contributed by atoms with van der Waals surface area (Å²) in [6, 6.07) is 2.43. The van der Waals surface area contributed by atoms with Crippen molar-refractivity contribution in [2.24, 2.45) is 0 Å². The fourth-order valence-corrected chi connectivity index (χ4v) is 2.42. The molecule has 1 aromatic carbocycles. The smallest absolute Gasteiger partial charge is 0.344 e. The number of benzene rings is 1. The fourth-order valence-electron chi connectivity index (χ4n) is 2.42. The Labute approximate surface area is 119 Å². The van der Waals surface area contributed by atoms with Gasteiger partial charge < -0.3 is 14.4 Å². The number of rotatable bonds is 2. The van der Waals surface area contributed by atoms with E-state index in [4.69, 9.17) is 4.74 Å². The third kappa shape index (κ3) is 1.83. The number of carbonyl (C=O) groups excluding carboxylic acids is 2. The first-order valence-electron chi connectivity index (χ1n) is 6.27. The van der Waals surface area contributed by atoms with E-state index in [1.165, 1.54) is 17.0 Å². The van der Waals surface area contributed by atoms with Gasteiger partial charge in [0.25, 0.3) is 11.6 Å². The minimum Gasteiger partial charge on any atom is -0.475 e. The van der Waals surface area contributed by atoms with Crippen molar-refractivity contribution in [1.29, 1.82) is 0 Å². The summed E-state index contributed by atoms with van der Waals surface area (Å²) in [5.41, 5.74) is -1.18. The molecule has 110 valence electrons. The lowest BCUT2D eigenvalue weighted by Crippen LogP contribution is -2.45. The fraction of sp³-hybridized carbons (Fsp3) is 0.385. The van der Waals surface area contributed by atoms with E-state index in [1.54, 1.807) is 7.05 Å². The topological polar surface area (TPSA) is 99.0 Å². The number of nitro benzene ring substituents is 1. The summed E-state index contributed by atoms with van der Waals surface area (Å²) in [6.07, 6.45) is 1.17. The second-order valence-electron chi connectivity index (χ2n) is 5.05. The van der Waals surface area contributed by atoms with Crippen molar-refractivity contribution in [2.75, 3.05) is 19.1 Å². The van der Waals surface area contributed by atoms with Gasteiger partial charge in [-0.3, -0.25) is 14.9 Å². The highest BCUT2D eigenvalue weighted by Gasteiger charge is 2.57. The van der Waals surface area contributed by atoms with Crippen LogP contribution in [0.3, 0.4) is 0 Å². The van der Waals surface area contributed by atoms with Crippen molar-refractivity contribution in [1.82, 2.24) is 0 Å². The Morgan fingerprint density at radius 2 is 2.14 bits per heavy atom. The van der Waals surface area contributed by atoms with Gasteiger partial charge in [-0.25, -0.2) is 4.79 Å². The predicted octanol–water partition coefficient (Wildman–Crippen LogP) is 1.27. The molecule has 0 aromatic heterocycles. The maximum absolute atomic E-state index is 12.2. The molecule has 1 spiro atoms. The maximum atomic E-state index is 12.2. The molecule has 1 aromatic rings. The molecule has 0 unspecified atom stereocenters. The van der Waals surface area contributed by atoms with E-state index in [1.807, 2.05) is 0 Å². The third-order valence-corrected chi connectivity index (χ3v) is 3.74. The van der Waals surface area contributed by atoms with Crippen LogP contribution in [0.15, 0.2) is 12.1 Å². The Hall–Kier alpha value is -2.64. The summed E-state index contributed by atoms with van der Waals surface area (Å²) in [4.78, 5) is 35.7. The van der Waals surface area contributed by atoms with E-state index in [0.29, 0.717) is 18.5 Å². The van der Waals surface area contributed by atoms with Crippen LogP contribution < -0.4 is 9.64 Å². The molecule has 1 fully saturated rings. The van der Waals surface area contributed by atoms with Crippen LogP contribution in [-0.4, -0.2) is 36.6 Å². The van der Waals surface area contributed by atoms with Crippen LogP contribution in [0.1, 0.15) is 23.2 Å². The quantitative estimate of drug-likeness (QED) is 0.462. The van der Waals surface area contributed by atoms with Gasteiger partial charge in [-0.1, -0.05) is 0 Å². The molecule has 21 heavy (non-hydrogen) atoms. The normalized spacial score (nSPS) is 18.0. The van der Waals surface area contributed by atoms with Crippen molar-refractivity contribution >= 4 is 23.3 Å². The first kappa shape index (κ1) is 13.3. The number of esters is 1. The molecular formula is C13H12N2O6. The molecule has 1 heterocycles. The maximum Gasteiger partial charge on any atom is 0.344 e. The molecule has 0 bridgehead atoms. The number of carbonyl (C=O) groups is 2. The molecule has 8 nitrogen and oxygen atoms in total. The van der Waals surface area contributed by atoms with Crippen LogP contribution in [0.4, 0.5) is 11.4 Å². The lowest BCUT2D eigenvalue weighted by atomic mass is 10.1. The van der Waals surface area contributed by atoms with Crippen molar-refractivity contribution in [3.05, 3.63) is 27.8 Å². The third-order valence-electron chi connectivity index (χ3n) is 3.74. The van der Waals surface area contributed by atoms with E-state index in [0.717, 1.165) is 7.11 Å². The van der Waals surface area contributed by atoms with Crippen molar-refractivity contribution in [3.8, 4) is 5.75 Å². The molecule has 0 N–H and O–H groups in total. The Kier molecular flexibility index (Phi) is 2.65. The zero-order chi connectivity index (χ0) is 15.4. The average Bonchev–Trinajstić information content (AvgIpc) is 3.23. The number of nitro groups is 1. The van der Waals surface area contributed by atoms with E-state index >= 15 is 0 Å². The Bertz CT molecular complexity index is 679. The molecule has 0 saturated heterocycles. The molecule has 1 aliphatic carbocycles. The van der Waals surface area contributed by atoms with Crippen LogP contribution in [0.25, 0.3) is 0 Å². The van der Waals surface area contributed by atoms with E-state index in [9.17, 15) is 19.7 Å². The Morgan fingerprint density at radius 3 is 2.67 bits per heavy atom. The molecular weight excluding hydrogens is 280 g/mol. The first-order valence-corrected chi connectivity index (χ1v) is 6.27. The Morgan fingerprint density at radius 1 is 1.48 bits per heavy atom. The van der Waals surface area contributed by atoms with Crippen LogP contribution >= 0.6 is 0 Å². The van der Waals surface area contributed by atoms with Crippen LogP contribution in [0, 0.1) is 10.1 Å². The highest BCUT2D eigenvalue weighted by atomic mass is 16.6. The van der Waals surface area contributed by atoms with Crippen LogP contribution in [0.5, 0.6) is 5.75 Å². The van der Waals surface area contributed by atoms with Crippen molar-refractivity contribution in [2.45, 2.75) is 18.4 Å². The van der Waals surface area contributed by atoms with Crippen molar-refractivity contribution in [3.63, 3.8) is 0 Å². The van der Waals surface area contributed by atoms with Gasteiger partial charge in [-0.15, -0.1) is 0 Å². The zero-order valence-electron chi connectivity index (χ0n) is 11.4. The van der Waals surface area contributed by atoms with E-state index in [2.05, 4.69) is 4.74 Å². The van der Waals surface area contributed by atoms with Gasteiger partial charge in [0.15, 0.2) is 11.4 Å². The summed E-state index contributed by atoms with van der Waals surface area (Å²) in [7, 11) is 2.69. The molecule has 0 radical (unpaired) electrons. The number of methoxy groups -OCH3 is 1. The second-order valence-corrected chi connectivity index (χ2v) is 5.05. The summed E-state index contributed by atoms with van der Waals surface area (Å²) in [6.45, 7) is 0. The molecule has 1 aliphatic heterocycles. The lowest BCUT2D eigenvalue weighted by molar-refractivity contribution is -0.385. The number of fused-ring (bicyclic) bond motifs is 1. The number of nitrogens with zero attached hydrogens (tertiary/aromatic N) is 2. The summed E-state index contributed by atoms with van der Waals surface area (Å²) in [5.74, 6) is -0.814. The number of hydrogen-bond acceptors (Lipinski definition) is 6. The van der Waals surface area contributed by atoms with Gasteiger partial charge in [0.2, 0.25) is 0 Å². The predicted molar refractivity (Wildman–Crippen MR) is 70.4 cm³/mol. The van der Waals surface area contributed by atoms with Gasteiger partial charge >= 0.3 is 5.97 Å². The molecule has 1 saturated carbocycles. The monoisotopic (exact) mass is 292 g/mol. The summed E-state index contributed by atoms with van der Waals surface area (Å²) >= 11 is 0. The lowest BCUT2D eigenvalue weighted by Gasteiger charge is -2.32. The van der Waals surface area contributed by atoms with Gasteiger partial charge in [-0.2, -0.15) is 0 Å². The van der Waals surface area contributed by atoms with Crippen LogP contribution in [0.2, 0.25) is 0 Å². The van der Waals surface area contributed by atoms with Crippen LogP contribution in [-0.2, 0) is 9.53 Å². The molecule has 0 atom stereocenters. The summed E-state index contributed by atoms with van der Waals surface area (Å²) in [5, 5.41) is 11.1. The summed E-state index contributed by atoms with van der Waals surface area (Å²) < 4.78 is 10.2. The number of hydrogen-bond donors (Lipinski definition) is 0. The SMILES string of the molecule is COC(=O)c1cc2c(cc1[N+](=O)[O-])OC1(CC1)C(=O)N2C. The molecule has 3 rings (SSSR count). The Balaban J connectivity index is 2.17. The standard InChI is InChI=1S/C13H12N2O6/c1-14-9-5-7(11(16)20-2)8(15(18)19)6-10(9)21-13(3-4-13)12(14)17/h5-6H,3-4H2,1-2H3. The highest BCUT2D eigenvalue weighted by molar-refractivity contribution is 6.06. The number of ether oxygens (including phenoxy) is 2. The van der Waals surface area contributed by atoms with E-state index < -0.39 is 22.2 Å². The minimum atomic E-state index is -0.887. The number of likely N-dealkylation sites (N-methyl/N-ethyl adjacent to an activating group) is 1. The molecule has 1 amide bonds. The van der Waals surface area contributed by atoms with E-state index in [-0.39, 0.29) is 17.2 Å². The van der Waals surface area contributed by atoms with Crippen molar-refractivity contribution < 1.29 is 24.0 Å². The number of amides is 1. The highest BCUT2D eigenvalue weighted by Crippen LogP contribution is 2.50. The van der Waals surface area contributed by atoms with Gasteiger partial charge in [0.1, 0.15) is 5.56 Å². The largest absolute Gasteiger partial charge is 0.475 e. The minimum absolute atomic E-state index is 0.209.